The second kappa shape index (κ2) is 5.74. The summed E-state index contributed by atoms with van der Waals surface area (Å²) in [5.41, 5.74) is 0.444. The number of carboxylic acid groups (broad SMARTS) is 1. The Bertz CT molecular complexity index is 623. The van der Waals surface area contributed by atoms with E-state index in [1.165, 1.54) is 11.0 Å². The molecular formula is C10H12N6O3S. The molecular weight excluding hydrogens is 284 g/mol. The monoisotopic (exact) mass is 296 g/mol. The highest BCUT2D eigenvalue weighted by molar-refractivity contribution is 7.13. The first kappa shape index (κ1) is 14.1. The zero-order valence-electron chi connectivity index (χ0n) is 10.8. The van der Waals surface area contributed by atoms with Crippen LogP contribution in [0.15, 0.2) is 6.33 Å². The van der Waals surface area contributed by atoms with E-state index < -0.39 is 5.97 Å². The van der Waals surface area contributed by atoms with Crippen molar-refractivity contribution in [3.8, 4) is 0 Å². The van der Waals surface area contributed by atoms with E-state index in [4.69, 9.17) is 5.11 Å². The molecule has 0 fully saturated rings. The van der Waals surface area contributed by atoms with Crippen molar-refractivity contribution in [2.45, 2.75) is 26.4 Å². The number of amides is 1. The lowest BCUT2D eigenvalue weighted by atomic mass is 10.3. The van der Waals surface area contributed by atoms with Crippen LogP contribution in [0.1, 0.15) is 33.3 Å². The molecule has 1 atom stereocenters. The van der Waals surface area contributed by atoms with Gasteiger partial charge in [0.15, 0.2) is 0 Å². The summed E-state index contributed by atoms with van der Waals surface area (Å²) in [6.45, 7) is 3.36. The number of aromatic nitrogens is 5. The molecule has 0 aromatic carbocycles. The van der Waals surface area contributed by atoms with Crippen molar-refractivity contribution >= 4 is 23.2 Å². The molecule has 2 heterocycles. The Morgan fingerprint density at radius 3 is 2.85 bits per heavy atom. The number of rotatable bonds is 5. The quantitative estimate of drug-likeness (QED) is 0.796. The number of aryl methyl sites for hydroxylation is 1. The van der Waals surface area contributed by atoms with Crippen LogP contribution >= 0.6 is 11.3 Å². The molecule has 1 amide bonds. The van der Waals surface area contributed by atoms with Crippen molar-refractivity contribution < 1.29 is 14.7 Å². The summed E-state index contributed by atoms with van der Waals surface area (Å²) in [4.78, 5) is 27.0. The van der Waals surface area contributed by atoms with Crippen LogP contribution < -0.4 is 5.32 Å². The van der Waals surface area contributed by atoms with Gasteiger partial charge in [0.25, 0.3) is 0 Å². The van der Waals surface area contributed by atoms with Crippen molar-refractivity contribution in [2.24, 2.45) is 0 Å². The number of aromatic carboxylic acids is 1. The van der Waals surface area contributed by atoms with Crippen LogP contribution in [0.25, 0.3) is 0 Å². The molecule has 2 aromatic heterocycles. The maximum Gasteiger partial charge on any atom is 0.347 e. The van der Waals surface area contributed by atoms with Crippen molar-refractivity contribution in [3.63, 3.8) is 0 Å². The summed E-state index contributed by atoms with van der Waals surface area (Å²) in [5.74, 6) is -1.30. The predicted octanol–water partition coefficient (Wildman–Crippen LogP) is 0.0136. The number of carbonyl (C=O) groups is 2. The van der Waals surface area contributed by atoms with Gasteiger partial charge in [-0.25, -0.2) is 14.5 Å². The summed E-state index contributed by atoms with van der Waals surface area (Å²) < 4.78 is 1.29. The number of nitrogens with one attached hydrogen (secondary N) is 1. The summed E-state index contributed by atoms with van der Waals surface area (Å²) >= 11 is 1.05. The molecule has 0 bridgehead atoms. The smallest absolute Gasteiger partial charge is 0.347 e. The van der Waals surface area contributed by atoms with Crippen LogP contribution in [0, 0.1) is 6.92 Å². The van der Waals surface area contributed by atoms with E-state index in [9.17, 15) is 9.59 Å². The second-order valence-electron chi connectivity index (χ2n) is 4.07. The van der Waals surface area contributed by atoms with Crippen molar-refractivity contribution in [3.05, 3.63) is 21.9 Å². The first-order valence-electron chi connectivity index (χ1n) is 5.68. The summed E-state index contributed by atoms with van der Waals surface area (Å²) in [7, 11) is 0. The normalized spacial score (nSPS) is 12.1. The fraction of sp³-hybridized carbons (Fsp3) is 0.400. The van der Waals surface area contributed by atoms with Gasteiger partial charge in [-0.15, -0.1) is 16.4 Å². The molecule has 20 heavy (non-hydrogen) atoms. The van der Waals surface area contributed by atoms with Crippen LogP contribution in [0.2, 0.25) is 0 Å². The minimum absolute atomic E-state index is 0.00646. The number of nitrogens with zero attached hydrogens (tertiary/aromatic N) is 5. The Morgan fingerprint density at radius 2 is 2.30 bits per heavy atom. The average molecular weight is 296 g/mol. The number of hydrogen-bond acceptors (Lipinski definition) is 7. The van der Waals surface area contributed by atoms with Crippen LogP contribution in [-0.4, -0.2) is 42.2 Å². The molecule has 0 saturated carbocycles. The largest absolute Gasteiger partial charge is 0.477 e. The number of hydrogen-bond donors (Lipinski definition) is 2. The van der Waals surface area contributed by atoms with E-state index in [0.29, 0.717) is 10.7 Å². The van der Waals surface area contributed by atoms with Gasteiger partial charge in [0.1, 0.15) is 22.8 Å². The van der Waals surface area contributed by atoms with Crippen LogP contribution in [0.3, 0.4) is 0 Å². The van der Waals surface area contributed by atoms with E-state index in [-0.39, 0.29) is 23.4 Å². The molecule has 106 valence electrons. The molecule has 2 rings (SSSR count). The van der Waals surface area contributed by atoms with E-state index in [0.717, 1.165) is 11.3 Å². The molecule has 0 aliphatic carbocycles. The molecule has 2 N–H and O–H groups in total. The molecule has 10 heteroatoms. The number of tetrazole rings is 1. The van der Waals surface area contributed by atoms with Gasteiger partial charge < -0.3 is 10.4 Å². The fourth-order valence-corrected chi connectivity index (χ4v) is 2.46. The van der Waals surface area contributed by atoms with Crippen molar-refractivity contribution in [2.75, 3.05) is 0 Å². The molecule has 0 spiro atoms. The summed E-state index contributed by atoms with van der Waals surface area (Å²) in [6, 6.07) is -0.379. The van der Waals surface area contributed by atoms with Gasteiger partial charge in [-0.1, -0.05) is 0 Å². The third kappa shape index (κ3) is 3.15. The fourth-order valence-electron chi connectivity index (χ4n) is 1.55. The zero-order valence-corrected chi connectivity index (χ0v) is 11.6. The van der Waals surface area contributed by atoms with Gasteiger partial charge in [-0.3, -0.25) is 4.79 Å². The van der Waals surface area contributed by atoms with E-state index in [1.807, 2.05) is 0 Å². The van der Waals surface area contributed by atoms with Gasteiger partial charge in [-0.2, -0.15) is 0 Å². The summed E-state index contributed by atoms with van der Waals surface area (Å²) in [6.07, 6.45) is 1.33. The van der Waals surface area contributed by atoms with Crippen LogP contribution in [0.4, 0.5) is 0 Å². The standard InChI is InChI=1S/C10H12N6O3S/c1-5-8(10(18)19)20-9(13-5)6(2)12-7(17)3-16-4-11-14-15-16/h4,6H,3H2,1-2H3,(H,12,17)(H,18,19). The maximum absolute atomic E-state index is 11.8. The first-order valence-corrected chi connectivity index (χ1v) is 6.49. The Kier molecular flexibility index (Phi) is 4.03. The Hall–Kier alpha value is -2.36. The molecule has 9 nitrogen and oxygen atoms in total. The lowest BCUT2D eigenvalue weighted by molar-refractivity contribution is -0.122. The van der Waals surface area contributed by atoms with Gasteiger partial charge in [0, 0.05) is 0 Å². The van der Waals surface area contributed by atoms with Crippen molar-refractivity contribution in [1.29, 1.82) is 0 Å². The molecule has 0 aliphatic heterocycles. The molecule has 1 unspecified atom stereocenters. The maximum atomic E-state index is 11.8. The highest BCUT2D eigenvalue weighted by Crippen LogP contribution is 2.23. The van der Waals surface area contributed by atoms with E-state index >= 15 is 0 Å². The van der Waals surface area contributed by atoms with E-state index in [2.05, 4.69) is 25.8 Å². The number of carbonyl (C=O) groups excluding carboxylic acids is 1. The summed E-state index contributed by atoms with van der Waals surface area (Å²) in [5, 5.41) is 22.7. The molecule has 0 aliphatic rings. The van der Waals surface area contributed by atoms with Crippen molar-refractivity contribution in [1.82, 2.24) is 30.5 Å². The molecule has 2 aromatic rings. The lowest BCUT2D eigenvalue weighted by Gasteiger charge is -2.10. The van der Waals surface area contributed by atoms with E-state index in [1.54, 1.807) is 13.8 Å². The Labute approximate surface area is 117 Å². The lowest BCUT2D eigenvalue weighted by Crippen LogP contribution is -2.30. The second-order valence-corrected chi connectivity index (χ2v) is 5.10. The van der Waals surface area contributed by atoms with Gasteiger partial charge in [0.2, 0.25) is 5.91 Å². The molecule has 0 radical (unpaired) electrons. The highest BCUT2D eigenvalue weighted by atomic mass is 32.1. The predicted molar refractivity (Wildman–Crippen MR) is 68.2 cm³/mol. The van der Waals surface area contributed by atoms with Crippen LogP contribution in [0.5, 0.6) is 0 Å². The average Bonchev–Trinajstić information content (AvgIpc) is 2.98. The Balaban J connectivity index is 2.01. The third-order valence-electron chi connectivity index (χ3n) is 2.45. The number of thiazole rings is 1. The first-order chi connectivity index (χ1) is 9.47. The van der Waals surface area contributed by atoms with Gasteiger partial charge in [0.05, 0.1) is 11.7 Å². The Morgan fingerprint density at radius 1 is 1.55 bits per heavy atom. The van der Waals surface area contributed by atoms with Gasteiger partial charge >= 0.3 is 5.97 Å². The minimum atomic E-state index is -1.02. The number of carboxylic acids is 1. The third-order valence-corrected chi connectivity index (χ3v) is 3.78. The highest BCUT2D eigenvalue weighted by Gasteiger charge is 2.19. The SMILES string of the molecule is Cc1nc(C(C)NC(=O)Cn2cnnn2)sc1C(=O)O. The minimum Gasteiger partial charge on any atom is -0.477 e. The van der Waals surface area contributed by atoms with Crippen LogP contribution in [-0.2, 0) is 11.3 Å². The molecule has 0 saturated heterocycles. The van der Waals surface area contributed by atoms with Gasteiger partial charge in [-0.05, 0) is 24.3 Å². The zero-order chi connectivity index (χ0) is 14.7. The topological polar surface area (TPSA) is 123 Å².